The van der Waals surface area contributed by atoms with Crippen LogP contribution in [0, 0.1) is 5.82 Å². The highest BCUT2D eigenvalue weighted by molar-refractivity contribution is 5.69. The molecule has 1 unspecified atom stereocenters. The van der Waals surface area contributed by atoms with Crippen molar-refractivity contribution in [3.05, 3.63) is 35.6 Å². The predicted molar refractivity (Wildman–Crippen MR) is 71.6 cm³/mol. The van der Waals surface area contributed by atoms with E-state index in [9.17, 15) is 18.0 Å². The second kappa shape index (κ2) is 5.24. The van der Waals surface area contributed by atoms with E-state index >= 15 is 0 Å². The van der Waals surface area contributed by atoms with E-state index in [0.717, 1.165) is 4.90 Å². The summed E-state index contributed by atoms with van der Waals surface area (Å²) in [6.45, 7) is 4.27. The van der Waals surface area contributed by atoms with Crippen LogP contribution in [0.2, 0.25) is 0 Å². The molecular weight excluding hydrogens is 283 g/mol. The zero-order valence-corrected chi connectivity index (χ0v) is 12.2. The van der Waals surface area contributed by atoms with Crippen molar-refractivity contribution >= 4 is 6.09 Å². The normalized spacial score (nSPS) is 21.4. The lowest BCUT2D eigenvalue weighted by Crippen LogP contribution is -2.37. The molecule has 1 aliphatic heterocycles. The number of halogens is 3. The molecule has 3 nitrogen and oxygen atoms in total. The van der Waals surface area contributed by atoms with Crippen LogP contribution in [0.5, 0.6) is 0 Å². The van der Waals surface area contributed by atoms with Gasteiger partial charge in [0.25, 0.3) is 5.92 Å². The van der Waals surface area contributed by atoms with Gasteiger partial charge >= 0.3 is 6.09 Å². The van der Waals surface area contributed by atoms with Crippen LogP contribution >= 0.6 is 0 Å². The second-order valence-electron chi connectivity index (χ2n) is 6.24. The summed E-state index contributed by atoms with van der Waals surface area (Å²) < 4.78 is 45.8. The molecule has 1 fully saturated rings. The van der Waals surface area contributed by atoms with E-state index in [4.69, 9.17) is 4.74 Å². The standard InChI is InChI=1S/C15H18F3NO2/c1-14(2,3)21-13(20)19-9-15(17,18)8-12(19)10-5-4-6-11(16)7-10/h4-7,12H,8-9H2,1-3H3. The van der Waals surface area contributed by atoms with Gasteiger partial charge in [0.2, 0.25) is 0 Å². The van der Waals surface area contributed by atoms with E-state index in [1.807, 2.05) is 0 Å². The molecular formula is C15H18F3NO2. The Bertz CT molecular complexity index is 540. The third kappa shape index (κ3) is 3.89. The molecule has 1 atom stereocenters. The topological polar surface area (TPSA) is 29.5 Å². The van der Waals surface area contributed by atoms with Gasteiger partial charge in [-0.3, -0.25) is 4.90 Å². The lowest BCUT2D eigenvalue weighted by atomic mass is 10.0. The summed E-state index contributed by atoms with van der Waals surface area (Å²) in [5.74, 6) is -3.53. The van der Waals surface area contributed by atoms with Gasteiger partial charge in [-0.15, -0.1) is 0 Å². The van der Waals surface area contributed by atoms with Gasteiger partial charge in [0.1, 0.15) is 11.4 Å². The van der Waals surface area contributed by atoms with E-state index in [1.165, 1.54) is 24.3 Å². The first-order valence-corrected chi connectivity index (χ1v) is 6.70. The maximum absolute atomic E-state index is 13.7. The maximum Gasteiger partial charge on any atom is 0.411 e. The minimum absolute atomic E-state index is 0.345. The number of ether oxygens (including phenoxy) is 1. The molecule has 0 radical (unpaired) electrons. The van der Waals surface area contributed by atoms with Crippen molar-refractivity contribution in [2.75, 3.05) is 6.54 Å². The summed E-state index contributed by atoms with van der Waals surface area (Å²) in [6.07, 6.45) is -1.34. The third-order valence-electron chi connectivity index (χ3n) is 3.13. The van der Waals surface area contributed by atoms with E-state index in [-0.39, 0.29) is 0 Å². The smallest absolute Gasteiger partial charge is 0.411 e. The Hall–Kier alpha value is -1.72. The molecule has 0 bridgehead atoms. The van der Waals surface area contributed by atoms with Gasteiger partial charge in [-0.25, -0.2) is 18.0 Å². The molecule has 6 heteroatoms. The van der Waals surface area contributed by atoms with E-state index in [0.29, 0.717) is 5.56 Å². The first-order valence-electron chi connectivity index (χ1n) is 6.70. The van der Waals surface area contributed by atoms with Gasteiger partial charge < -0.3 is 4.74 Å². The molecule has 2 rings (SSSR count). The van der Waals surface area contributed by atoms with E-state index in [2.05, 4.69) is 0 Å². The average molecular weight is 301 g/mol. The Morgan fingerprint density at radius 1 is 1.38 bits per heavy atom. The molecule has 1 aromatic rings. The Morgan fingerprint density at radius 2 is 2.05 bits per heavy atom. The highest BCUT2D eigenvalue weighted by Crippen LogP contribution is 2.41. The first-order chi connectivity index (χ1) is 9.57. The third-order valence-corrected chi connectivity index (χ3v) is 3.13. The molecule has 1 aromatic carbocycles. The van der Waals surface area contributed by atoms with Crippen molar-refractivity contribution in [2.24, 2.45) is 0 Å². The molecule has 21 heavy (non-hydrogen) atoms. The minimum atomic E-state index is -3.01. The van der Waals surface area contributed by atoms with Crippen LogP contribution in [0.1, 0.15) is 38.8 Å². The molecule has 1 heterocycles. The molecule has 1 aliphatic rings. The van der Waals surface area contributed by atoms with Crippen LogP contribution in [0.15, 0.2) is 24.3 Å². The fourth-order valence-corrected chi connectivity index (χ4v) is 2.34. The Labute approximate surface area is 121 Å². The van der Waals surface area contributed by atoms with Crippen LogP contribution in [-0.2, 0) is 4.74 Å². The molecule has 116 valence electrons. The summed E-state index contributed by atoms with van der Waals surface area (Å²) >= 11 is 0. The minimum Gasteiger partial charge on any atom is -0.444 e. The first kappa shape index (κ1) is 15.7. The van der Waals surface area contributed by atoms with Crippen molar-refractivity contribution in [1.29, 1.82) is 0 Å². The summed E-state index contributed by atoms with van der Waals surface area (Å²) in [4.78, 5) is 13.1. The van der Waals surface area contributed by atoms with E-state index in [1.54, 1.807) is 20.8 Å². The number of nitrogens with zero attached hydrogens (tertiary/aromatic N) is 1. The van der Waals surface area contributed by atoms with Crippen LogP contribution in [0.4, 0.5) is 18.0 Å². The monoisotopic (exact) mass is 301 g/mol. The van der Waals surface area contributed by atoms with Gasteiger partial charge in [0, 0.05) is 6.42 Å². The quantitative estimate of drug-likeness (QED) is 0.780. The molecule has 1 amide bonds. The van der Waals surface area contributed by atoms with Gasteiger partial charge in [-0.1, -0.05) is 12.1 Å². The average Bonchev–Trinajstić information content (AvgIpc) is 2.63. The lowest BCUT2D eigenvalue weighted by Gasteiger charge is -2.28. The Kier molecular flexibility index (Phi) is 3.91. The number of carbonyl (C=O) groups excluding carboxylic acids is 1. The van der Waals surface area contributed by atoms with Crippen LogP contribution in [0.25, 0.3) is 0 Å². The zero-order chi connectivity index (χ0) is 15.8. The van der Waals surface area contributed by atoms with Gasteiger partial charge in [0.15, 0.2) is 0 Å². The summed E-state index contributed by atoms with van der Waals surface area (Å²) in [5, 5.41) is 0. The number of carbonyl (C=O) groups is 1. The molecule has 0 saturated carbocycles. The molecule has 0 aliphatic carbocycles. The second-order valence-corrected chi connectivity index (χ2v) is 6.24. The van der Waals surface area contributed by atoms with Crippen molar-refractivity contribution in [3.8, 4) is 0 Å². The SMILES string of the molecule is CC(C)(C)OC(=O)N1CC(F)(F)CC1c1cccc(F)c1. The number of alkyl halides is 2. The van der Waals surface area contributed by atoms with Gasteiger partial charge in [-0.2, -0.15) is 0 Å². The number of benzene rings is 1. The summed E-state index contributed by atoms with van der Waals surface area (Å²) in [7, 11) is 0. The molecule has 0 N–H and O–H groups in total. The van der Waals surface area contributed by atoms with Crippen LogP contribution in [0.3, 0.4) is 0 Å². The van der Waals surface area contributed by atoms with Gasteiger partial charge in [-0.05, 0) is 38.5 Å². The van der Waals surface area contributed by atoms with Crippen molar-refractivity contribution < 1.29 is 22.7 Å². The fourth-order valence-electron chi connectivity index (χ4n) is 2.34. The number of rotatable bonds is 1. The van der Waals surface area contributed by atoms with Crippen molar-refractivity contribution in [3.63, 3.8) is 0 Å². The van der Waals surface area contributed by atoms with Crippen molar-refractivity contribution in [1.82, 2.24) is 4.90 Å². The lowest BCUT2D eigenvalue weighted by molar-refractivity contribution is -0.00243. The summed E-state index contributed by atoms with van der Waals surface area (Å²) in [5.41, 5.74) is -0.431. The number of hydrogen-bond donors (Lipinski definition) is 0. The number of hydrogen-bond acceptors (Lipinski definition) is 2. The number of amides is 1. The maximum atomic E-state index is 13.7. The Balaban J connectivity index is 2.27. The largest absolute Gasteiger partial charge is 0.444 e. The molecule has 0 spiro atoms. The molecule has 1 saturated heterocycles. The van der Waals surface area contributed by atoms with Crippen LogP contribution < -0.4 is 0 Å². The predicted octanol–water partition coefficient (Wildman–Crippen LogP) is 4.14. The zero-order valence-electron chi connectivity index (χ0n) is 12.2. The number of likely N-dealkylation sites (tertiary alicyclic amines) is 1. The van der Waals surface area contributed by atoms with Gasteiger partial charge in [0.05, 0.1) is 12.6 Å². The highest BCUT2D eigenvalue weighted by Gasteiger charge is 2.48. The fraction of sp³-hybridized carbons (Fsp3) is 0.533. The van der Waals surface area contributed by atoms with Crippen LogP contribution in [-0.4, -0.2) is 29.1 Å². The van der Waals surface area contributed by atoms with Crippen molar-refractivity contribution in [2.45, 2.75) is 44.8 Å². The Morgan fingerprint density at radius 3 is 2.62 bits per heavy atom. The highest BCUT2D eigenvalue weighted by atomic mass is 19.3. The van der Waals surface area contributed by atoms with E-state index < -0.39 is 42.4 Å². The molecule has 0 aromatic heterocycles. The summed E-state index contributed by atoms with van der Waals surface area (Å²) in [6, 6.07) is 4.49.